The fraction of sp³-hybridized carbons (Fsp3) is 0.400. The topological polar surface area (TPSA) is 54.4 Å². The Kier molecular flexibility index (Phi) is 3.29. The lowest BCUT2D eigenvalue weighted by Crippen LogP contribution is -2.22. The van der Waals surface area contributed by atoms with E-state index < -0.39 is 21.2 Å². The van der Waals surface area contributed by atoms with E-state index in [1.165, 1.54) is 6.92 Å². The van der Waals surface area contributed by atoms with Crippen LogP contribution in [0.5, 0.6) is 0 Å². The van der Waals surface area contributed by atoms with Crippen LogP contribution in [0.25, 0.3) is 0 Å². The minimum absolute atomic E-state index is 0.630. The number of hydrogen-bond acceptors (Lipinski definition) is 3. The number of aliphatic hydroxyl groups is 1. The standard InChI is InChI=1S/C10H14O3S/c1-8(11)10(14(2,12)13)9-6-4-3-5-7-9/h3-8,10-11H,1-2H3. The molecule has 0 saturated heterocycles. The monoisotopic (exact) mass is 214 g/mol. The molecule has 2 atom stereocenters. The van der Waals surface area contributed by atoms with Crippen molar-refractivity contribution in [2.24, 2.45) is 0 Å². The van der Waals surface area contributed by atoms with Crippen LogP contribution in [0.15, 0.2) is 30.3 Å². The average molecular weight is 214 g/mol. The zero-order valence-electron chi connectivity index (χ0n) is 8.21. The van der Waals surface area contributed by atoms with E-state index in [-0.39, 0.29) is 0 Å². The molecule has 4 heteroatoms. The number of sulfone groups is 1. The molecule has 1 rings (SSSR count). The van der Waals surface area contributed by atoms with E-state index in [2.05, 4.69) is 0 Å². The second kappa shape index (κ2) is 4.11. The van der Waals surface area contributed by atoms with Crippen LogP contribution in [0.4, 0.5) is 0 Å². The Morgan fingerprint density at radius 3 is 2.07 bits per heavy atom. The Morgan fingerprint density at radius 2 is 1.71 bits per heavy atom. The van der Waals surface area contributed by atoms with Crippen molar-refractivity contribution in [2.45, 2.75) is 18.3 Å². The van der Waals surface area contributed by atoms with Gasteiger partial charge in [0.05, 0.1) is 6.10 Å². The normalized spacial score (nSPS) is 16.2. The molecule has 0 fully saturated rings. The first kappa shape index (κ1) is 11.2. The Balaban J connectivity index is 3.15. The average Bonchev–Trinajstić information content (AvgIpc) is 2.02. The van der Waals surface area contributed by atoms with Gasteiger partial charge in [-0.2, -0.15) is 0 Å². The lowest BCUT2D eigenvalue weighted by atomic mass is 10.1. The third-order valence-corrected chi connectivity index (χ3v) is 3.62. The zero-order chi connectivity index (χ0) is 10.8. The van der Waals surface area contributed by atoms with Crippen molar-refractivity contribution in [3.8, 4) is 0 Å². The van der Waals surface area contributed by atoms with Crippen LogP contribution in [0.1, 0.15) is 17.7 Å². The molecule has 0 spiro atoms. The smallest absolute Gasteiger partial charge is 0.156 e. The van der Waals surface area contributed by atoms with Crippen LogP contribution < -0.4 is 0 Å². The molecule has 0 aliphatic rings. The van der Waals surface area contributed by atoms with E-state index in [1.807, 2.05) is 6.07 Å². The van der Waals surface area contributed by atoms with Gasteiger partial charge in [0.15, 0.2) is 9.84 Å². The predicted molar refractivity (Wildman–Crippen MR) is 55.7 cm³/mol. The van der Waals surface area contributed by atoms with Crippen molar-refractivity contribution in [3.63, 3.8) is 0 Å². The third-order valence-electron chi connectivity index (χ3n) is 2.03. The first-order valence-corrected chi connectivity index (χ1v) is 6.30. The number of aliphatic hydroxyl groups excluding tert-OH is 1. The maximum atomic E-state index is 11.4. The quantitative estimate of drug-likeness (QED) is 0.821. The van der Waals surface area contributed by atoms with Gasteiger partial charge in [-0.25, -0.2) is 8.42 Å². The van der Waals surface area contributed by atoms with Gasteiger partial charge < -0.3 is 5.11 Å². The van der Waals surface area contributed by atoms with E-state index >= 15 is 0 Å². The van der Waals surface area contributed by atoms with E-state index in [4.69, 9.17) is 0 Å². The molecular formula is C10H14O3S. The summed E-state index contributed by atoms with van der Waals surface area (Å²) in [5.41, 5.74) is 0.630. The largest absolute Gasteiger partial charge is 0.392 e. The van der Waals surface area contributed by atoms with E-state index in [0.29, 0.717) is 5.56 Å². The summed E-state index contributed by atoms with van der Waals surface area (Å²) >= 11 is 0. The fourth-order valence-electron chi connectivity index (χ4n) is 1.53. The summed E-state index contributed by atoms with van der Waals surface area (Å²) in [4.78, 5) is 0. The number of rotatable bonds is 3. The van der Waals surface area contributed by atoms with Crippen molar-refractivity contribution in [2.75, 3.05) is 6.26 Å². The Bertz CT molecular complexity index is 381. The summed E-state index contributed by atoms with van der Waals surface area (Å²) < 4.78 is 22.8. The second-order valence-electron chi connectivity index (χ2n) is 3.40. The summed E-state index contributed by atoms with van der Waals surface area (Å²) in [6.45, 7) is 1.48. The highest BCUT2D eigenvalue weighted by Crippen LogP contribution is 2.24. The molecule has 1 aromatic carbocycles. The van der Waals surface area contributed by atoms with Gasteiger partial charge in [-0.05, 0) is 12.5 Å². The van der Waals surface area contributed by atoms with E-state index in [9.17, 15) is 13.5 Å². The van der Waals surface area contributed by atoms with Crippen molar-refractivity contribution in [3.05, 3.63) is 35.9 Å². The summed E-state index contributed by atoms with van der Waals surface area (Å²) in [5.74, 6) is 0. The molecule has 0 aliphatic carbocycles. The molecule has 0 aromatic heterocycles. The number of benzene rings is 1. The van der Waals surface area contributed by atoms with E-state index in [1.54, 1.807) is 24.3 Å². The Hall–Kier alpha value is -0.870. The zero-order valence-corrected chi connectivity index (χ0v) is 9.03. The van der Waals surface area contributed by atoms with Crippen molar-refractivity contribution in [1.82, 2.24) is 0 Å². The predicted octanol–water partition coefficient (Wildman–Crippen LogP) is 1.15. The van der Waals surface area contributed by atoms with Crippen molar-refractivity contribution in [1.29, 1.82) is 0 Å². The minimum Gasteiger partial charge on any atom is -0.392 e. The first-order valence-electron chi connectivity index (χ1n) is 4.35. The summed E-state index contributed by atoms with van der Waals surface area (Å²) in [6.07, 6.45) is 0.240. The van der Waals surface area contributed by atoms with Crippen LogP contribution in [0, 0.1) is 0 Å². The molecule has 0 amide bonds. The lowest BCUT2D eigenvalue weighted by molar-refractivity contribution is 0.188. The Labute approximate surface area is 84.3 Å². The molecule has 0 radical (unpaired) electrons. The highest BCUT2D eigenvalue weighted by molar-refractivity contribution is 7.91. The molecule has 14 heavy (non-hydrogen) atoms. The molecule has 0 saturated carbocycles. The molecular weight excluding hydrogens is 200 g/mol. The van der Waals surface area contributed by atoms with Gasteiger partial charge in [-0.1, -0.05) is 30.3 Å². The molecule has 0 aliphatic heterocycles. The summed E-state index contributed by atoms with van der Waals surface area (Å²) in [5, 5.41) is 8.59. The van der Waals surface area contributed by atoms with E-state index in [0.717, 1.165) is 6.26 Å². The van der Waals surface area contributed by atoms with Gasteiger partial charge in [0, 0.05) is 6.26 Å². The maximum absolute atomic E-state index is 11.4. The van der Waals surface area contributed by atoms with Gasteiger partial charge in [0.25, 0.3) is 0 Å². The van der Waals surface area contributed by atoms with Gasteiger partial charge in [-0.3, -0.25) is 0 Å². The highest BCUT2D eigenvalue weighted by atomic mass is 32.2. The molecule has 3 nitrogen and oxygen atoms in total. The Morgan fingerprint density at radius 1 is 1.21 bits per heavy atom. The molecule has 0 bridgehead atoms. The molecule has 1 aromatic rings. The minimum atomic E-state index is -3.27. The maximum Gasteiger partial charge on any atom is 0.156 e. The van der Waals surface area contributed by atoms with Crippen molar-refractivity contribution < 1.29 is 13.5 Å². The number of hydrogen-bond donors (Lipinski definition) is 1. The lowest BCUT2D eigenvalue weighted by Gasteiger charge is -2.18. The molecule has 0 heterocycles. The molecule has 1 N–H and O–H groups in total. The van der Waals surface area contributed by atoms with Gasteiger partial charge in [0.2, 0.25) is 0 Å². The first-order chi connectivity index (χ1) is 6.43. The van der Waals surface area contributed by atoms with Gasteiger partial charge in [-0.15, -0.1) is 0 Å². The van der Waals surface area contributed by atoms with Crippen LogP contribution >= 0.6 is 0 Å². The SMILES string of the molecule is CC(O)C(c1ccccc1)S(C)(=O)=O. The van der Waals surface area contributed by atoms with Gasteiger partial charge in [0.1, 0.15) is 5.25 Å². The highest BCUT2D eigenvalue weighted by Gasteiger charge is 2.27. The van der Waals surface area contributed by atoms with Crippen LogP contribution in [-0.2, 0) is 9.84 Å². The summed E-state index contributed by atoms with van der Waals surface area (Å²) in [7, 11) is -3.27. The van der Waals surface area contributed by atoms with Gasteiger partial charge >= 0.3 is 0 Å². The fourth-order valence-corrected chi connectivity index (χ4v) is 2.89. The second-order valence-corrected chi connectivity index (χ2v) is 5.57. The van der Waals surface area contributed by atoms with Crippen LogP contribution in [0.3, 0.4) is 0 Å². The molecule has 78 valence electrons. The third kappa shape index (κ3) is 2.56. The van der Waals surface area contributed by atoms with Crippen LogP contribution in [-0.4, -0.2) is 25.9 Å². The van der Waals surface area contributed by atoms with Crippen LogP contribution in [0.2, 0.25) is 0 Å². The molecule has 2 unspecified atom stereocenters. The van der Waals surface area contributed by atoms with Crippen molar-refractivity contribution >= 4 is 9.84 Å². The summed E-state index contributed by atoms with van der Waals surface area (Å²) in [6, 6.07) is 8.74.